The monoisotopic (exact) mass is 1850 g/mol. The molecule has 4 fully saturated rings. The minimum absolute atomic E-state index is 0.00826. The number of carbonyl (C=O) groups excluding carboxylic acids is 4. The highest BCUT2D eigenvalue weighted by Crippen LogP contribution is 2.54. The summed E-state index contributed by atoms with van der Waals surface area (Å²) >= 11 is 1.50. The number of aliphatic hydroxyl groups is 4. The average molecular weight is 1850 g/mol. The Morgan fingerprint density at radius 1 is 0.434 bits per heavy atom. The van der Waals surface area contributed by atoms with Gasteiger partial charge in [-0.25, -0.2) is 4.79 Å². The molecule has 4 saturated heterocycles. The fourth-order valence-electron chi connectivity index (χ4n) is 20.5. The van der Waals surface area contributed by atoms with Crippen molar-refractivity contribution in [2.24, 2.45) is 0 Å². The summed E-state index contributed by atoms with van der Waals surface area (Å²) in [4.78, 5) is 71.3. The van der Waals surface area contributed by atoms with E-state index >= 15 is 0 Å². The van der Waals surface area contributed by atoms with E-state index in [4.69, 9.17) is 37.3 Å². The molecule has 4 amide bonds. The molecule has 4 spiro atoms. The summed E-state index contributed by atoms with van der Waals surface area (Å²) in [6, 6.07) is 53.9. The zero-order valence-electron chi connectivity index (χ0n) is 76.7. The van der Waals surface area contributed by atoms with Crippen LogP contribution in [0, 0.1) is 45.3 Å². The highest BCUT2D eigenvalue weighted by Gasteiger charge is 2.57. The van der Waals surface area contributed by atoms with E-state index < -0.39 is 17.0 Å². The molecule has 4 aromatic heterocycles. The Morgan fingerprint density at radius 2 is 0.853 bits per heavy atom. The van der Waals surface area contributed by atoms with Gasteiger partial charge in [-0.1, -0.05) is 99.6 Å². The summed E-state index contributed by atoms with van der Waals surface area (Å²) in [5.74, 6) is 4.04. The maximum Gasteiger partial charge on any atom is 0.410 e. The third-order valence-corrected chi connectivity index (χ3v) is 27.4. The van der Waals surface area contributed by atoms with Gasteiger partial charge in [0.15, 0.2) is 0 Å². The van der Waals surface area contributed by atoms with Gasteiger partial charge >= 0.3 is 6.09 Å². The molecule has 33 heteroatoms. The van der Waals surface area contributed by atoms with E-state index in [-0.39, 0.29) is 111 Å². The largest absolute Gasteiger partial charge is 0.490 e. The smallest absolute Gasteiger partial charge is 0.410 e. The van der Waals surface area contributed by atoms with Crippen LogP contribution in [0.5, 0.6) is 23.0 Å². The molecular weight excluding hydrogens is 1750 g/mol. The Balaban J connectivity index is 0.000000126. The van der Waals surface area contributed by atoms with Crippen LogP contribution < -0.4 is 18.9 Å². The van der Waals surface area contributed by atoms with Crippen LogP contribution >= 0.6 is 11.3 Å². The first-order chi connectivity index (χ1) is 65.8. The minimum Gasteiger partial charge on any atom is -0.490 e. The van der Waals surface area contributed by atoms with Crippen molar-refractivity contribution in [3.05, 3.63) is 212 Å². The molecule has 0 radical (unpaired) electrons. The number of benzene rings is 8. The van der Waals surface area contributed by atoms with Gasteiger partial charge in [-0.2, -0.15) is 36.0 Å². The lowest BCUT2D eigenvalue weighted by molar-refractivity contribution is -0.140. The van der Waals surface area contributed by atoms with Gasteiger partial charge in [-0.05, 0) is 237 Å². The van der Waals surface area contributed by atoms with Crippen molar-refractivity contribution in [2.45, 2.75) is 172 Å². The summed E-state index contributed by atoms with van der Waals surface area (Å²) in [6.45, 7) is 19.4. The summed E-state index contributed by atoms with van der Waals surface area (Å²) in [5, 5.41) is 98.6. The minimum atomic E-state index is -0.905. The first kappa shape index (κ1) is 93.4. The van der Waals surface area contributed by atoms with Gasteiger partial charge in [0.05, 0.1) is 85.1 Å². The number of hydrogen-bond donors (Lipinski definition) is 4. The predicted molar refractivity (Wildman–Crippen MR) is 498 cm³/mol. The molecule has 20 rings (SSSR count). The number of cyclic esters (lactones) is 1. The first-order valence-electron chi connectivity index (χ1n) is 45.7. The molecule has 4 aliphatic carbocycles. The van der Waals surface area contributed by atoms with Gasteiger partial charge in [0, 0.05) is 101 Å². The van der Waals surface area contributed by atoms with Crippen LogP contribution in [-0.4, -0.2) is 208 Å². The summed E-state index contributed by atoms with van der Waals surface area (Å²) in [5.41, 5.74) is 15.4. The Labute approximate surface area is 789 Å². The van der Waals surface area contributed by atoms with Crippen molar-refractivity contribution in [1.82, 2.24) is 60.2 Å². The Bertz CT molecular complexity index is 6770. The number of rotatable bonds is 24. The normalized spacial score (nSPS) is 19.2. The van der Waals surface area contributed by atoms with Crippen molar-refractivity contribution in [2.75, 3.05) is 78.8 Å². The van der Waals surface area contributed by atoms with Crippen molar-refractivity contribution in [3.8, 4) is 137 Å². The number of hydrogen-bond acceptors (Lipinski definition) is 30. The molecule has 4 atom stereocenters. The third kappa shape index (κ3) is 18.0. The third-order valence-electron chi connectivity index (χ3n) is 26.4. The number of nitrogens with zero attached hydrogens (tertiary/aromatic N) is 16. The molecule has 136 heavy (non-hydrogen) atoms. The highest BCUT2D eigenvalue weighted by molar-refractivity contribution is 7.18. The van der Waals surface area contributed by atoms with Crippen LogP contribution in [0.15, 0.2) is 159 Å². The first-order valence-corrected chi connectivity index (χ1v) is 46.6. The van der Waals surface area contributed by atoms with E-state index in [1.54, 1.807) is 64.4 Å². The average Bonchev–Trinajstić information content (AvgIpc) is 1.56. The van der Waals surface area contributed by atoms with Gasteiger partial charge in [0.1, 0.15) is 69.4 Å². The summed E-state index contributed by atoms with van der Waals surface area (Å²) in [7, 11) is 0. The number of amides is 4. The number of β-amino-alcohol motifs (C(OH)–C–C–N with tert-alkyl or cyclic N) is 4. The number of likely N-dealkylation sites (tertiary alicyclic amines) is 3. The number of carbonyl (C=O) groups is 4. The lowest BCUT2D eigenvalue weighted by Crippen LogP contribution is -2.44. The number of imide groups is 1. The van der Waals surface area contributed by atoms with E-state index in [0.29, 0.717) is 136 Å². The Morgan fingerprint density at radius 3 is 1.35 bits per heavy atom. The van der Waals surface area contributed by atoms with Crippen molar-refractivity contribution < 1.29 is 76.9 Å². The van der Waals surface area contributed by atoms with Crippen LogP contribution in [0.1, 0.15) is 167 Å². The van der Waals surface area contributed by atoms with Gasteiger partial charge < -0.3 is 67.5 Å². The molecule has 4 aliphatic heterocycles. The molecule has 696 valence electrons. The quantitative estimate of drug-likeness (QED) is 0.0408. The van der Waals surface area contributed by atoms with Crippen LogP contribution in [0.3, 0.4) is 0 Å². The van der Waals surface area contributed by atoms with E-state index in [9.17, 15) is 60.7 Å². The number of ether oxygens (including phenoxy) is 5. The number of nitriles is 4. The van der Waals surface area contributed by atoms with E-state index in [0.717, 1.165) is 117 Å². The van der Waals surface area contributed by atoms with Crippen LogP contribution in [0.2, 0.25) is 0 Å². The van der Waals surface area contributed by atoms with E-state index in [2.05, 4.69) is 100 Å². The summed E-state index contributed by atoms with van der Waals surface area (Å²) < 4.78 is 44.8. The van der Waals surface area contributed by atoms with Gasteiger partial charge in [0.2, 0.25) is 35.2 Å². The van der Waals surface area contributed by atoms with E-state index in [1.165, 1.54) is 33.6 Å². The number of aliphatic hydroxyl groups excluding tert-OH is 4. The standard InChI is InChI=1S/C26H24N4O5.C26H26N4O3S.C26H28N4O3.C25H24N4O5/c1-15(2)34-21-7-6-16(12-17(21)14-27)24-28-23(29-35-24)19-4-3-5-20-18(19)8-9-26(20)13-22(32)30(10-11-31)25(26)33;1-16(2)33-22-7-6-17(12-18(22)14-27)24-28-29-25(34-24)20-4-3-5-21-19(20)8-9-26(21)13-23(32)30(15-26)10-11-31;1-17(2)32-23-7-6-18(14-19(23)15-27)25-28-24(29-33-25)21-4-3-5-22-20(21)8-9-26(22)10-11-30(16-26)12-13-31;1-15(2)33-21-7-6-16(12-17(21)13-26)23-27-22(28-34-23)19-4-3-5-20-18(19)8-9-25(20)14-32-24(31)29(25)10-11-30/h3-7,12,15,31H,8-11,13H2,1-2H3;3-7,12,16,31H,8-11,13,15H2,1-2H3;3-7,14,17,31H,8-13,16H2,1-2H3;3-7,12,15,30H,8-11,14H2,1-2H3. The van der Waals surface area contributed by atoms with Crippen molar-refractivity contribution in [1.29, 1.82) is 21.0 Å². The Kier molecular flexibility index (Phi) is 27.0. The lowest BCUT2D eigenvalue weighted by Gasteiger charge is -2.32. The van der Waals surface area contributed by atoms with Crippen LogP contribution in [0.4, 0.5) is 4.79 Å². The van der Waals surface area contributed by atoms with Crippen LogP contribution in [0.25, 0.3) is 89.7 Å². The predicted octanol–water partition coefficient (Wildman–Crippen LogP) is 14.5. The number of aromatic nitrogens is 8. The zero-order valence-corrected chi connectivity index (χ0v) is 77.5. The second-order valence-electron chi connectivity index (χ2n) is 36.3. The second kappa shape index (κ2) is 39.3. The van der Waals surface area contributed by atoms with Crippen LogP contribution in [-0.2, 0) is 66.6 Å². The molecule has 8 heterocycles. The fourth-order valence-corrected chi connectivity index (χ4v) is 21.4. The molecule has 0 saturated carbocycles. The Hall–Kier alpha value is -14.4. The van der Waals surface area contributed by atoms with Crippen molar-refractivity contribution in [3.63, 3.8) is 0 Å². The molecular formula is C103H102N16O16S. The fraction of sp³-hybridized carbons (Fsp3) is 0.379. The molecule has 8 aromatic carbocycles. The highest BCUT2D eigenvalue weighted by atomic mass is 32.1. The topological polar surface area (TPSA) is 446 Å². The van der Waals surface area contributed by atoms with E-state index in [1.807, 2.05) is 116 Å². The molecule has 4 unspecified atom stereocenters. The van der Waals surface area contributed by atoms with Gasteiger partial charge in [0.25, 0.3) is 17.7 Å². The number of fused-ring (bicyclic) bond motifs is 8. The molecule has 32 nitrogen and oxygen atoms in total. The molecule has 8 aliphatic rings. The summed E-state index contributed by atoms with van der Waals surface area (Å²) in [6.07, 6.45) is 7.57. The zero-order chi connectivity index (χ0) is 95.5. The SMILES string of the molecule is CC(C)Oc1ccc(-c2nc(-c3cccc4c3CCC43CC(=O)N(CCO)C3=O)no2)cc1C#N.CC(C)Oc1ccc(-c2nc(-c3cccc4c3CCC43CCN(CCO)C3)no2)cc1C#N.CC(C)Oc1ccc(-c2nc(-c3cccc4c3CCC43COC(=O)N3CCO)no2)cc1C#N.CC(C)Oc1ccc(-c2nnc(-c3cccc4c3CCC43CC(=O)N(CCO)C3)s2)cc1C#N. The maximum atomic E-state index is 13.2. The lowest BCUT2D eigenvalue weighted by atomic mass is 9.80. The molecule has 12 aromatic rings. The second-order valence-corrected chi connectivity index (χ2v) is 37.3. The molecule has 4 N–H and O–H groups in total. The molecule has 0 bridgehead atoms. The van der Waals surface area contributed by atoms with Gasteiger partial charge in [-0.15, -0.1) is 10.2 Å². The maximum absolute atomic E-state index is 13.2. The van der Waals surface area contributed by atoms with Gasteiger partial charge in [-0.3, -0.25) is 24.2 Å². The van der Waals surface area contributed by atoms with Crippen molar-refractivity contribution >= 4 is 35.2 Å².